The first-order chi connectivity index (χ1) is 11.9. The van der Waals surface area contributed by atoms with Crippen molar-refractivity contribution in [2.24, 2.45) is 0 Å². The number of carbonyl (C=O) groups is 1. The van der Waals surface area contributed by atoms with Crippen molar-refractivity contribution in [3.8, 4) is 5.75 Å². The second-order valence-corrected chi connectivity index (χ2v) is 7.99. The fourth-order valence-corrected chi connectivity index (χ4v) is 3.25. The lowest BCUT2D eigenvalue weighted by molar-refractivity contribution is 0.0949. The number of amides is 1. The molecule has 1 N–H and O–H groups in total. The molecule has 2 aromatic carbocycles. The molecule has 0 unspecified atom stereocenters. The summed E-state index contributed by atoms with van der Waals surface area (Å²) in [5, 5.41) is 3.12. The number of ether oxygens (including phenoxy) is 1. The third-order valence-electron chi connectivity index (χ3n) is 5.13. The Morgan fingerprint density at radius 1 is 1.08 bits per heavy atom. The number of para-hydroxylation sites is 1. The van der Waals surface area contributed by atoms with E-state index in [1.54, 1.807) is 7.11 Å². The van der Waals surface area contributed by atoms with Gasteiger partial charge in [-0.3, -0.25) is 4.79 Å². The predicted molar refractivity (Wildman–Crippen MR) is 101 cm³/mol. The molecule has 0 aliphatic heterocycles. The Bertz CT molecular complexity index is 752. The molecule has 0 bridgehead atoms. The molecule has 1 aliphatic rings. The molecule has 0 spiro atoms. The molecule has 0 heterocycles. The van der Waals surface area contributed by atoms with E-state index in [9.17, 15) is 4.79 Å². The summed E-state index contributed by atoms with van der Waals surface area (Å²) in [5.41, 5.74) is 3.26. The number of methoxy groups -OCH3 is 1. The smallest absolute Gasteiger partial charge is 0.251 e. The van der Waals surface area contributed by atoms with Crippen LogP contribution in [-0.2, 0) is 10.8 Å². The van der Waals surface area contributed by atoms with Gasteiger partial charge in [0.1, 0.15) is 5.75 Å². The molecular weight excluding hydrogens is 310 g/mol. The van der Waals surface area contributed by atoms with Crippen molar-refractivity contribution < 1.29 is 9.53 Å². The highest BCUT2D eigenvalue weighted by Crippen LogP contribution is 2.50. The van der Waals surface area contributed by atoms with Gasteiger partial charge in [0.15, 0.2) is 0 Å². The Morgan fingerprint density at radius 3 is 2.28 bits per heavy atom. The first-order valence-corrected chi connectivity index (χ1v) is 8.88. The van der Waals surface area contributed by atoms with Crippen molar-refractivity contribution in [3.63, 3.8) is 0 Å². The lowest BCUT2D eigenvalue weighted by atomic mass is 9.86. The number of hydrogen-bond donors (Lipinski definition) is 1. The lowest BCUT2D eigenvalue weighted by Crippen LogP contribution is -2.32. The van der Waals surface area contributed by atoms with Gasteiger partial charge in [-0.25, -0.2) is 0 Å². The first-order valence-electron chi connectivity index (χ1n) is 8.88. The molecule has 1 aliphatic carbocycles. The van der Waals surface area contributed by atoms with Crippen LogP contribution in [0.5, 0.6) is 5.75 Å². The number of nitrogens with one attached hydrogen (secondary N) is 1. The summed E-state index contributed by atoms with van der Waals surface area (Å²) in [4.78, 5) is 12.5. The number of carbonyl (C=O) groups excluding carboxylic acids is 1. The van der Waals surface area contributed by atoms with Crippen LogP contribution in [0, 0.1) is 0 Å². The van der Waals surface area contributed by atoms with Gasteiger partial charge in [0.05, 0.1) is 7.11 Å². The molecule has 1 saturated carbocycles. The number of hydrogen-bond acceptors (Lipinski definition) is 2. The normalized spacial score (nSPS) is 15.5. The summed E-state index contributed by atoms with van der Waals surface area (Å²) >= 11 is 0. The lowest BCUT2D eigenvalue weighted by Gasteiger charge is -2.20. The predicted octanol–water partition coefficient (Wildman–Crippen LogP) is 4.45. The zero-order valence-corrected chi connectivity index (χ0v) is 15.6. The summed E-state index contributed by atoms with van der Waals surface area (Å²) in [6, 6.07) is 16.0. The quantitative estimate of drug-likeness (QED) is 0.875. The Kier molecular flexibility index (Phi) is 4.59. The molecule has 3 heteroatoms. The van der Waals surface area contributed by atoms with Gasteiger partial charge in [-0.15, -0.1) is 0 Å². The van der Waals surface area contributed by atoms with Crippen molar-refractivity contribution in [2.75, 3.05) is 13.7 Å². The zero-order chi connectivity index (χ0) is 18.1. The van der Waals surface area contributed by atoms with Crippen LogP contribution in [0.25, 0.3) is 0 Å². The van der Waals surface area contributed by atoms with Gasteiger partial charge in [0.25, 0.3) is 5.91 Å². The van der Waals surface area contributed by atoms with E-state index in [1.807, 2.05) is 42.5 Å². The van der Waals surface area contributed by atoms with Gasteiger partial charge in [-0.2, -0.15) is 0 Å². The monoisotopic (exact) mass is 337 g/mol. The van der Waals surface area contributed by atoms with E-state index in [2.05, 4.69) is 32.2 Å². The van der Waals surface area contributed by atoms with Gasteiger partial charge in [-0.1, -0.05) is 51.1 Å². The largest absolute Gasteiger partial charge is 0.496 e. The Hall–Kier alpha value is -2.29. The molecule has 0 saturated heterocycles. The highest BCUT2D eigenvalue weighted by atomic mass is 16.5. The molecule has 25 heavy (non-hydrogen) atoms. The molecule has 1 amide bonds. The van der Waals surface area contributed by atoms with Gasteiger partial charge < -0.3 is 10.1 Å². The second kappa shape index (κ2) is 6.55. The van der Waals surface area contributed by atoms with E-state index >= 15 is 0 Å². The standard InChI is InChI=1S/C22H27NO2/c1-21(2,3)17-11-9-16(10-12-17)20(24)23-15-22(13-14-22)18-7-5-6-8-19(18)25-4/h5-12H,13-15H2,1-4H3,(H,23,24). The summed E-state index contributed by atoms with van der Waals surface area (Å²) in [7, 11) is 1.70. The molecule has 2 aromatic rings. The minimum absolute atomic E-state index is 0.0124. The van der Waals surface area contributed by atoms with Crippen LogP contribution >= 0.6 is 0 Å². The van der Waals surface area contributed by atoms with Gasteiger partial charge >= 0.3 is 0 Å². The third-order valence-corrected chi connectivity index (χ3v) is 5.13. The third kappa shape index (κ3) is 3.71. The minimum atomic E-state index is -0.0124. The van der Waals surface area contributed by atoms with Crippen LogP contribution in [0.15, 0.2) is 48.5 Å². The summed E-state index contributed by atoms with van der Waals surface area (Å²) in [6.07, 6.45) is 2.16. The molecule has 0 atom stereocenters. The minimum Gasteiger partial charge on any atom is -0.496 e. The van der Waals surface area contributed by atoms with Crippen LogP contribution in [-0.4, -0.2) is 19.6 Å². The summed E-state index contributed by atoms with van der Waals surface area (Å²) < 4.78 is 5.50. The number of rotatable bonds is 5. The van der Waals surface area contributed by atoms with Crippen LogP contribution < -0.4 is 10.1 Å². The molecular formula is C22H27NO2. The van der Waals surface area contributed by atoms with Gasteiger partial charge in [0.2, 0.25) is 0 Å². The van der Waals surface area contributed by atoms with Crippen LogP contribution in [0.2, 0.25) is 0 Å². The van der Waals surface area contributed by atoms with E-state index in [1.165, 1.54) is 11.1 Å². The average Bonchev–Trinajstić information content (AvgIpc) is 3.40. The molecule has 0 aromatic heterocycles. The Morgan fingerprint density at radius 2 is 1.72 bits per heavy atom. The fraction of sp³-hybridized carbons (Fsp3) is 0.409. The zero-order valence-electron chi connectivity index (χ0n) is 15.6. The highest BCUT2D eigenvalue weighted by Gasteiger charge is 2.46. The summed E-state index contributed by atoms with van der Waals surface area (Å²) in [5.74, 6) is 0.894. The average molecular weight is 337 g/mol. The first kappa shape index (κ1) is 17.5. The Labute approximate surface area is 150 Å². The van der Waals surface area contributed by atoms with Crippen molar-refractivity contribution in [3.05, 3.63) is 65.2 Å². The highest BCUT2D eigenvalue weighted by molar-refractivity contribution is 5.94. The van der Waals surface area contributed by atoms with Crippen molar-refractivity contribution >= 4 is 5.91 Å². The van der Waals surface area contributed by atoms with E-state index < -0.39 is 0 Å². The maximum atomic E-state index is 12.5. The molecule has 1 fully saturated rings. The van der Waals surface area contributed by atoms with Crippen LogP contribution in [0.3, 0.4) is 0 Å². The fourth-order valence-electron chi connectivity index (χ4n) is 3.25. The van der Waals surface area contributed by atoms with Crippen LogP contribution in [0.1, 0.15) is 55.1 Å². The van der Waals surface area contributed by atoms with Crippen molar-refractivity contribution in [2.45, 2.75) is 44.4 Å². The van der Waals surface area contributed by atoms with E-state index in [0.717, 1.165) is 18.6 Å². The second-order valence-electron chi connectivity index (χ2n) is 7.99. The molecule has 132 valence electrons. The van der Waals surface area contributed by atoms with E-state index in [-0.39, 0.29) is 16.7 Å². The maximum absolute atomic E-state index is 12.5. The SMILES string of the molecule is COc1ccccc1C1(CNC(=O)c2ccc(C(C)(C)C)cc2)CC1. The van der Waals surface area contributed by atoms with Gasteiger partial charge in [-0.05, 0) is 42.0 Å². The topological polar surface area (TPSA) is 38.3 Å². The Balaban J connectivity index is 1.68. The van der Waals surface area contributed by atoms with Crippen molar-refractivity contribution in [1.82, 2.24) is 5.32 Å². The molecule has 3 rings (SSSR count). The van der Waals surface area contributed by atoms with Crippen LogP contribution in [0.4, 0.5) is 0 Å². The summed E-state index contributed by atoms with van der Waals surface area (Å²) in [6.45, 7) is 7.16. The van der Waals surface area contributed by atoms with Crippen molar-refractivity contribution in [1.29, 1.82) is 0 Å². The van der Waals surface area contributed by atoms with E-state index in [0.29, 0.717) is 12.1 Å². The number of benzene rings is 2. The maximum Gasteiger partial charge on any atom is 0.251 e. The molecule has 3 nitrogen and oxygen atoms in total. The van der Waals surface area contributed by atoms with E-state index in [4.69, 9.17) is 4.74 Å². The van der Waals surface area contributed by atoms with Gasteiger partial charge in [0, 0.05) is 23.1 Å². The molecule has 0 radical (unpaired) electrons.